The zero-order chi connectivity index (χ0) is 22.1. The lowest BCUT2D eigenvalue weighted by atomic mass is 10.1. The molecule has 9 nitrogen and oxygen atoms in total. The fraction of sp³-hybridized carbons (Fsp3) is 0.130. The van der Waals surface area contributed by atoms with E-state index in [0.29, 0.717) is 33.8 Å². The Morgan fingerprint density at radius 2 is 1.84 bits per heavy atom. The summed E-state index contributed by atoms with van der Waals surface area (Å²) in [5.74, 6) is 0.293. The molecular weight excluding hydrogens is 404 g/mol. The van der Waals surface area contributed by atoms with Crippen molar-refractivity contribution in [2.24, 2.45) is 0 Å². The van der Waals surface area contributed by atoms with E-state index in [4.69, 9.17) is 4.98 Å². The van der Waals surface area contributed by atoms with Gasteiger partial charge in [-0.1, -0.05) is 36.4 Å². The molecule has 0 radical (unpaired) electrons. The molecule has 32 heavy (non-hydrogen) atoms. The van der Waals surface area contributed by atoms with Gasteiger partial charge < -0.3 is 0 Å². The van der Waals surface area contributed by atoms with Crippen LogP contribution >= 0.6 is 0 Å². The quantitative estimate of drug-likeness (QED) is 0.439. The highest BCUT2D eigenvalue weighted by molar-refractivity contribution is 6.12. The standard InChI is InChI=1S/C23H20N8O/c1-14(2)31-21-17(13-25-31)16(12-19(26-21)15-8-4-3-5-9-15)22(32)28-23-27-20(29-30-23)18-10-6-7-11-24-18/h3-14H,1-2H3,(H2,27,28,29,30,32). The second-order valence-corrected chi connectivity index (χ2v) is 7.52. The number of pyridine rings is 2. The van der Waals surface area contributed by atoms with Gasteiger partial charge in [-0.3, -0.25) is 20.2 Å². The molecule has 2 N–H and O–H groups in total. The predicted molar refractivity (Wildman–Crippen MR) is 121 cm³/mol. The van der Waals surface area contributed by atoms with Gasteiger partial charge in [0.25, 0.3) is 5.91 Å². The minimum atomic E-state index is -0.343. The Hall–Kier alpha value is -4.40. The van der Waals surface area contributed by atoms with Crippen LogP contribution in [0.5, 0.6) is 0 Å². The van der Waals surface area contributed by atoms with Gasteiger partial charge >= 0.3 is 0 Å². The third-order valence-electron chi connectivity index (χ3n) is 4.99. The number of carbonyl (C=O) groups excluding carboxylic acids is 1. The van der Waals surface area contributed by atoms with Gasteiger partial charge in [-0.25, -0.2) is 9.67 Å². The van der Waals surface area contributed by atoms with Gasteiger partial charge in [-0.15, -0.1) is 5.10 Å². The normalized spacial score (nSPS) is 11.2. The molecule has 0 saturated heterocycles. The number of anilines is 1. The van der Waals surface area contributed by atoms with Crippen molar-refractivity contribution in [1.82, 2.24) is 34.9 Å². The number of nitrogens with one attached hydrogen (secondary N) is 2. The molecule has 0 bridgehead atoms. The topological polar surface area (TPSA) is 114 Å². The van der Waals surface area contributed by atoms with E-state index in [9.17, 15) is 4.79 Å². The van der Waals surface area contributed by atoms with Crippen molar-refractivity contribution in [1.29, 1.82) is 0 Å². The van der Waals surface area contributed by atoms with Crippen molar-refractivity contribution in [3.63, 3.8) is 0 Å². The van der Waals surface area contributed by atoms with Gasteiger partial charge in [0.2, 0.25) is 5.95 Å². The molecule has 1 aromatic carbocycles. The molecule has 5 aromatic rings. The van der Waals surface area contributed by atoms with E-state index in [1.54, 1.807) is 18.5 Å². The van der Waals surface area contributed by atoms with Crippen molar-refractivity contribution >= 4 is 22.9 Å². The Labute approximate surface area is 183 Å². The van der Waals surface area contributed by atoms with E-state index >= 15 is 0 Å². The van der Waals surface area contributed by atoms with Crippen LogP contribution in [0.25, 0.3) is 33.8 Å². The van der Waals surface area contributed by atoms with Crippen LogP contribution in [0.4, 0.5) is 5.95 Å². The van der Waals surface area contributed by atoms with E-state index in [0.717, 1.165) is 5.56 Å². The van der Waals surface area contributed by atoms with Gasteiger partial charge in [0.05, 0.1) is 22.8 Å². The largest absolute Gasteiger partial charge is 0.289 e. The maximum atomic E-state index is 13.3. The second kappa shape index (κ2) is 8.03. The maximum Gasteiger partial charge on any atom is 0.258 e. The summed E-state index contributed by atoms with van der Waals surface area (Å²) in [4.78, 5) is 26.6. The lowest BCUT2D eigenvalue weighted by molar-refractivity contribution is 0.102. The van der Waals surface area contributed by atoms with Crippen LogP contribution in [0.2, 0.25) is 0 Å². The number of aromatic amines is 1. The molecule has 1 amide bonds. The van der Waals surface area contributed by atoms with Crippen molar-refractivity contribution in [3.05, 3.63) is 72.6 Å². The number of carbonyl (C=O) groups is 1. The lowest BCUT2D eigenvalue weighted by Gasteiger charge is -2.10. The van der Waals surface area contributed by atoms with Crippen LogP contribution in [-0.2, 0) is 0 Å². The molecule has 5 rings (SSSR count). The number of H-pyrrole nitrogens is 1. The third kappa shape index (κ3) is 3.60. The monoisotopic (exact) mass is 424 g/mol. The average molecular weight is 424 g/mol. The number of hydrogen-bond donors (Lipinski definition) is 2. The average Bonchev–Trinajstić information content (AvgIpc) is 3.47. The molecule has 4 aromatic heterocycles. The summed E-state index contributed by atoms with van der Waals surface area (Å²) < 4.78 is 1.81. The summed E-state index contributed by atoms with van der Waals surface area (Å²) >= 11 is 0. The minimum Gasteiger partial charge on any atom is -0.289 e. The molecule has 4 heterocycles. The van der Waals surface area contributed by atoms with Crippen LogP contribution in [0.3, 0.4) is 0 Å². The Morgan fingerprint density at radius 1 is 1.03 bits per heavy atom. The van der Waals surface area contributed by atoms with Crippen LogP contribution in [0.1, 0.15) is 30.2 Å². The van der Waals surface area contributed by atoms with E-state index in [-0.39, 0.29) is 17.9 Å². The van der Waals surface area contributed by atoms with E-state index in [2.05, 4.69) is 30.6 Å². The van der Waals surface area contributed by atoms with Gasteiger partial charge in [-0.05, 0) is 32.0 Å². The molecule has 0 spiro atoms. The van der Waals surface area contributed by atoms with Crippen molar-refractivity contribution in [3.8, 4) is 22.8 Å². The van der Waals surface area contributed by atoms with Crippen LogP contribution in [-0.4, -0.2) is 40.8 Å². The van der Waals surface area contributed by atoms with Crippen LogP contribution < -0.4 is 5.32 Å². The Balaban J connectivity index is 1.54. The molecule has 0 aliphatic rings. The molecule has 0 unspecified atom stereocenters. The second-order valence-electron chi connectivity index (χ2n) is 7.52. The summed E-state index contributed by atoms with van der Waals surface area (Å²) in [6.07, 6.45) is 3.34. The molecule has 0 fully saturated rings. The first-order valence-electron chi connectivity index (χ1n) is 10.2. The highest BCUT2D eigenvalue weighted by Crippen LogP contribution is 2.27. The fourth-order valence-electron chi connectivity index (χ4n) is 3.44. The van der Waals surface area contributed by atoms with Gasteiger partial charge in [0.1, 0.15) is 5.69 Å². The number of fused-ring (bicyclic) bond motifs is 1. The minimum absolute atomic E-state index is 0.0934. The highest BCUT2D eigenvalue weighted by atomic mass is 16.1. The van der Waals surface area contributed by atoms with E-state index < -0.39 is 0 Å². The van der Waals surface area contributed by atoms with E-state index in [1.165, 1.54) is 0 Å². The zero-order valence-electron chi connectivity index (χ0n) is 17.5. The van der Waals surface area contributed by atoms with E-state index in [1.807, 2.05) is 67.1 Å². The highest BCUT2D eigenvalue weighted by Gasteiger charge is 2.20. The van der Waals surface area contributed by atoms with Crippen molar-refractivity contribution in [2.75, 3.05) is 5.32 Å². The number of benzene rings is 1. The Morgan fingerprint density at radius 3 is 2.59 bits per heavy atom. The Kier molecular flexibility index (Phi) is 4.91. The molecule has 158 valence electrons. The fourth-order valence-corrected chi connectivity index (χ4v) is 3.44. The predicted octanol–water partition coefficient (Wildman–Crippen LogP) is 4.11. The third-order valence-corrected chi connectivity index (χ3v) is 4.99. The van der Waals surface area contributed by atoms with Crippen molar-refractivity contribution < 1.29 is 4.79 Å². The maximum absolute atomic E-state index is 13.3. The first kappa shape index (κ1) is 19.6. The van der Waals surface area contributed by atoms with Crippen LogP contribution in [0.15, 0.2) is 67.0 Å². The van der Waals surface area contributed by atoms with Crippen LogP contribution in [0, 0.1) is 0 Å². The van der Waals surface area contributed by atoms with Gasteiger partial charge in [0, 0.05) is 17.8 Å². The molecule has 0 saturated carbocycles. The molecule has 9 heteroatoms. The molecular formula is C23H20N8O. The smallest absolute Gasteiger partial charge is 0.258 e. The zero-order valence-corrected chi connectivity index (χ0v) is 17.5. The summed E-state index contributed by atoms with van der Waals surface area (Å²) in [6.45, 7) is 4.05. The molecule has 0 aliphatic heterocycles. The number of nitrogens with zero attached hydrogens (tertiary/aromatic N) is 6. The number of amides is 1. The molecule has 0 aliphatic carbocycles. The molecule has 0 atom stereocenters. The summed E-state index contributed by atoms with van der Waals surface area (Å²) in [6, 6.07) is 17.1. The Bertz CT molecular complexity index is 1390. The number of rotatable bonds is 5. The van der Waals surface area contributed by atoms with Gasteiger partial charge in [-0.2, -0.15) is 10.1 Å². The lowest BCUT2D eigenvalue weighted by Crippen LogP contribution is -2.14. The van der Waals surface area contributed by atoms with Crippen molar-refractivity contribution in [2.45, 2.75) is 19.9 Å². The van der Waals surface area contributed by atoms with Gasteiger partial charge in [0.15, 0.2) is 11.5 Å². The first-order valence-corrected chi connectivity index (χ1v) is 10.2. The summed E-state index contributed by atoms with van der Waals surface area (Å²) in [5.41, 5.74) is 3.34. The number of hydrogen-bond acceptors (Lipinski definition) is 6. The summed E-state index contributed by atoms with van der Waals surface area (Å²) in [7, 11) is 0. The number of aromatic nitrogens is 7. The first-order chi connectivity index (χ1) is 15.6. The SMILES string of the molecule is CC(C)n1ncc2c(C(=O)Nc3n[nH]c(-c4ccccn4)n3)cc(-c3ccccc3)nc21. The summed E-state index contributed by atoms with van der Waals surface area (Å²) in [5, 5.41) is 14.8.